The molecule has 0 aliphatic heterocycles. The highest BCUT2D eigenvalue weighted by molar-refractivity contribution is 6.30. The third kappa shape index (κ3) is 3.97. The highest BCUT2D eigenvalue weighted by atomic mass is 35.5. The minimum atomic E-state index is -0.645. The number of fused-ring (bicyclic) bond motifs is 1. The minimum absolute atomic E-state index is 0.189. The van der Waals surface area contributed by atoms with Crippen LogP contribution in [0.25, 0.3) is 34.1 Å². The topological polar surface area (TPSA) is 102 Å². The smallest absolute Gasteiger partial charge is 0.324 e. The molecule has 0 bridgehead atoms. The van der Waals surface area contributed by atoms with Crippen molar-refractivity contribution in [3.8, 4) is 22.9 Å². The van der Waals surface area contributed by atoms with E-state index in [2.05, 4.69) is 21.6 Å². The van der Waals surface area contributed by atoms with Gasteiger partial charge in [0.05, 0.1) is 0 Å². The average molecular weight is 465 g/mol. The number of aromatic amines is 1. The highest BCUT2D eigenvalue weighted by Crippen LogP contribution is 2.43. The summed E-state index contributed by atoms with van der Waals surface area (Å²) in [6.07, 6.45) is 7.31. The molecule has 6 rings (SSSR count). The van der Waals surface area contributed by atoms with Crippen LogP contribution in [0.5, 0.6) is 0 Å². The molecule has 1 aromatic carbocycles. The first-order valence-electron chi connectivity index (χ1n) is 11.7. The molecule has 0 amide bonds. The van der Waals surface area contributed by atoms with Gasteiger partial charge in [0.2, 0.25) is 11.6 Å². The number of benzene rings is 1. The third-order valence-electron chi connectivity index (χ3n) is 6.90. The zero-order valence-electron chi connectivity index (χ0n) is 18.4. The van der Waals surface area contributed by atoms with E-state index in [0.29, 0.717) is 22.5 Å². The molecule has 0 atom stereocenters. The van der Waals surface area contributed by atoms with Gasteiger partial charge in [-0.15, -0.1) is 0 Å². The van der Waals surface area contributed by atoms with Crippen molar-refractivity contribution in [3.63, 3.8) is 0 Å². The largest absolute Gasteiger partial charge is 0.439 e. The van der Waals surface area contributed by atoms with Gasteiger partial charge in [-0.25, -0.2) is 19.7 Å². The summed E-state index contributed by atoms with van der Waals surface area (Å²) in [6.45, 7) is 3.27. The quantitative estimate of drug-likeness (QED) is 0.435. The van der Waals surface area contributed by atoms with Gasteiger partial charge in [0.1, 0.15) is 17.0 Å². The van der Waals surface area contributed by atoms with Gasteiger partial charge in [-0.1, -0.05) is 48.7 Å². The molecular formula is C24H25ClN6O2. The highest BCUT2D eigenvalue weighted by Gasteiger charge is 2.33. The second-order valence-electron chi connectivity index (χ2n) is 9.50. The fourth-order valence-corrected chi connectivity index (χ4v) is 5.12. The molecule has 170 valence electrons. The first-order chi connectivity index (χ1) is 16.0. The van der Waals surface area contributed by atoms with E-state index in [0.717, 1.165) is 47.9 Å². The molecule has 2 saturated carbocycles. The number of hydrogen-bond donors (Lipinski definition) is 1. The molecule has 1 N–H and O–H groups in total. The lowest BCUT2D eigenvalue weighted by Crippen LogP contribution is -2.19. The lowest BCUT2D eigenvalue weighted by molar-refractivity contribution is 0.265. The van der Waals surface area contributed by atoms with Gasteiger partial charge in [0.25, 0.3) is 0 Å². The van der Waals surface area contributed by atoms with Crippen molar-refractivity contribution in [1.29, 1.82) is 0 Å². The van der Waals surface area contributed by atoms with E-state index >= 15 is 0 Å². The lowest BCUT2D eigenvalue weighted by atomic mass is 9.83. The number of nitrogens with one attached hydrogen (secondary N) is 1. The summed E-state index contributed by atoms with van der Waals surface area (Å²) >= 11 is 6.34. The maximum Gasteiger partial charge on any atom is 0.439 e. The Balaban J connectivity index is 1.55. The molecule has 2 aliphatic rings. The molecule has 0 unspecified atom stereocenters. The molecule has 2 fully saturated rings. The predicted octanol–water partition coefficient (Wildman–Crippen LogP) is 5.19. The number of H-pyrrole nitrogens is 1. The van der Waals surface area contributed by atoms with Gasteiger partial charge in [0.15, 0.2) is 5.65 Å². The molecule has 0 spiro atoms. The minimum Gasteiger partial charge on any atom is -0.324 e. The van der Waals surface area contributed by atoms with Gasteiger partial charge in [-0.05, 0) is 49.7 Å². The standard InChI is InChI=1S/C24H25ClN6O2/c1-13-5-7-14(8-6-13)12-31-19-18(16-3-2-4-17(25)11-16)26-21(22-29-24(32)33-30-22)27-20(19)28-23(31)15-9-10-15/h2-4,11,13-15H,5-10,12H2,1H3,(H,29,30,32). The summed E-state index contributed by atoms with van der Waals surface area (Å²) in [5.74, 6) is 2.80. The molecule has 3 aromatic heterocycles. The zero-order valence-corrected chi connectivity index (χ0v) is 19.2. The van der Waals surface area contributed by atoms with Crippen LogP contribution in [0.1, 0.15) is 57.2 Å². The molecule has 33 heavy (non-hydrogen) atoms. The maximum atomic E-state index is 11.5. The van der Waals surface area contributed by atoms with E-state index in [-0.39, 0.29) is 11.6 Å². The second-order valence-corrected chi connectivity index (χ2v) is 9.94. The monoisotopic (exact) mass is 464 g/mol. The first-order valence-corrected chi connectivity index (χ1v) is 12.0. The van der Waals surface area contributed by atoms with Gasteiger partial charge in [-0.2, -0.15) is 0 Å². The van der Waals surface area contributed by atoms with Crippen molar-refractivity contribution in [2.45, 2.75) is 57.9 Å². The van der Waals surface area contributed by atoms with Crippen LogP contribution in [-0.4, -0.2) is 29.7 Å². The molecular weight excluding hydrogens is 440 g/mol. The molecule has 4 aromatic rings. The van der Waals surface area contributed by atoms with Crippen molar-refractivity contribution < 1.29 is 4.52 Å². The fourth-order valence-electron chi connectivity index (χ4n) is 4.93. The average Bonchev–Trinajstić information content (AvgIpc) is 3.46. The summed E-state index contributed by atoms with van der Waals surface area (Å²) in [6, 6.07) is 7.64. The van der Waals surface area contributed by atoms with Crippen LogP contribution in [0.15, 0.2) is 33.6 Å². The first kappa shape index (κ1) is 20.6. The van der Waals surface area contributed by atoms with E-state index in [4.69, 9.17) is 31.1 Å². The lowest BCUT2D eigenvalue weighted by Gasteiger charge is -2.27. The van der Waals surface area contributed by atoms with E-state index in [9.17, 15) is 4.79 Å². The molecule has 8 nitrogen and oxygen atoms in total. The number of nitrogens with zero attached hydrogens (tertiary/aromatic N) is 5. The molecule has 0 saturated heterocycles. The Bertz CT molecular complexity index is 1380. The van der Waals surface area contributed by atoms with Crippen molar-refractivity contribution in [2.24, 2.45) is 11.8 Å². The summed E-state index contributed by atoms with van der Waals surface area (Å²) in [5.41, 5.74) is 3.16. The normalized spacial score (nSPS) is 21.0. The van der Waals surface area contributed by atoms with Gasteiger partial charge >= 0.3 is 5.76 Å². The molecule has 9 heteroatoms. The van der Waals surface area contributed by atoms with Crippen molar-refractivity contribution >= 4 is 22.8 Å². The Kier molecular flexibility index (Phi) is 5.05. The Morgan fingerprint density at radius 3 is 2.64 bits per heavy atom. The Morgan fingerprint density at radius 2 is 1.94 bits per heavy atom. The van der Waals surface area contributed by atoms with Crippen LogP contribution in [0, 0.1) is 11.8 Å². The van der Waals surface area contributed by atoms with Crippen LogP contribution in [0.2, 0.25) is 5.02 Å². The summed E-state index contributed by atoms with van der Waals surface area (Å²) in [7, 11) is 0. The van der Waals surface area contributed by atoms with Crippen LogP contribution in [0.3, 0.4) is 0 Å². The number of aromatic nitrogens is 6. The Morgan fingerprint density at radius 1 is 1.12 bits per heavy atom. The number of imidazole rings is 1. The third-order valence-corrected chi connectivity index (χ3v) is 7.14. The summed E-state index contributed by atoms with van der Waals surface area (Å²) in [4.78, 5) is 28.6. The van der Waals surface area contributed by atoms with Gasteiger partial charge in [0, 0.05) is 23.0 Å². The van der Waals surface area contributed by atoms with Crippen LogP contribution in [-0.2, 0) is 6.54 Å². The Labute approximate surface area is 195 Å². The summed E-state index contributed by atoms with van der Waals surface area (Å²) in [5, 5.41) is 4.42. The number of hydrogen-bond acceptors (Lipinski definition) is 6. The van der Waals surface area contributed by atoms with Crippen molar-refractivity contribution in [2.75, 3.05) is 0 Å². The Hall–Kier alpha value is -3.00. The fraction of sp³-hybridized carbons (Fsp3) is 0.458. The van der Waals surface area contributed by atoms with E-state index in [1.807, 2.05) is 24.3 Å². The van der Waals surface area contributed by atoms with Gasteiger partial charge in [-0.3, -0.25) is 9.51 Å². The van der Waals surface area contributed by atoms with Crippen LogP contribution in [0.4, 0.5) is 0 Å². The van der Waals surface area contributed by atoms with Crippen molar-refractivity contribution in [3.05, 3.63) is 45.7 Å². The predicted molar refractivity (Wildman–Crippen MR) is 125 cm³/mol. The maximum absolute atomic E-state index is 11.5. The summed E-state index contributed by atoms with van der Waals surface area (Å²) < 4.78 is 7.05. The van der Waals surface area contributed by atoms with E-state index in [1.165, 1.54) is 25.7 Å². The number of rotatable bonds is 5. The molecule has 3 heterocycles. The van der Waals surface area contributed by atoms with Crippen LogP contribution < -0.4 is 5.76 Å². The zero-order chi connectivity index (χ0) is 22.5. The van der Waals surface area contributed by atoms with Crippen molar-refractivity contribution in [1.82, 2.24) is 29.7 Å². The van der Waals surface area contributed by atoms with E-state index in [1.54, 1.807) is 0 Å². The molecule has 0 radical (unpaired) electrons. The van der Waals surface area contributed by atoms with Gasteiger partial charge < -0.3 is 4.57 Å². The molecule has 2 aliphatic carbocycles. The van der Waals surface area contributed by atoms with E-state index < -0.39 is 5.76 Å². The SMILES string of the molecule is CC1CCC(Cn2c(C3CC3)nc3nc(-c4noc(=O)[nH]4)nc(-c4cccc(Cl)c4)c32)CC1. The second kappa shape index (κ2) is 8.09. The number of halogens is 1. The van der Waals surface area contributed by atoms with Crippen LogP contribution >= 0.6 is 11.6 Å².